The Morgan fingerprint density at radius 3 is 2.71 bits per heavy atom. The number of hydrogen-bond donors (Lipinski definition) is 2. The number of nitrogen functional groups attached to an aromatic ring is 1. The number of furan rings is 1. The summed E-state index contributed by atoms with van der Waals surface area (Å²) in [6, 6.07) is 5.08. The van der Waals surface area contributed by atoms with Crippen LogP contribution in [0.3, 0.4) is 0 Å². The molecular weight excluding hydrogens is 393 g/mol. The normalized spacial score (nSPS) is 13.9. The molecule has 0 aliphatic rings. The number of nitrogens with two attached hydrogens (primary N) is 1. The molecular formula is C18H13F3N4O2S. The zero-order valence-corrected chi connectivity index (χ0v) is 15.2. The molecule has 1 atom stereocenters. The molecule has 3 N–H and O–H groups in total. The minimum absolute atomic E-state index is 0.00265. The average Bonchev–Trinajstić information content (AvgIpc) is 3.29. The third-order valence-electron chi connectivity index (χ3n) is 4.27. The van der Waals surface area contributed by atoms with Gasteiger partial charge in [-0.1, -0.05) is 0 Å². The van der Waals surface area contributed by atoms with Gasteiger partial charge in [0, 0.05) is 17.1 Å². The Morgan fingerprint density at radius 1 is 1.25 bits per heavy atom. The lowest BCUT2D eigenvalue weighted by molar-refractivity contribution is 0.0947. The first-order valence-corrected chi connectivity index (χ1v) is 8.94. The van der Waals surface area contributed by atoms with Crippen LogP contribution < -0.4 is 5.73 Å². The molecule has 28 heavy (non-hydrogen) atoms. The predicted octanol–water partition coefficient (Wildman–Crippen LogP) is 4.26. The first-order chi connectivity index (χ1) is 13.3. The van der Waals surface area contributed by atoms with Crippen LogP contribution in [0.1, 0.15) is 30.4 Å². The quantitative estimate of drug-likeness (QED) is 0.526. The van der Waals surface area contributed by atoms with Crippen LogP contribution >= 0.6 is 11.3 Å². The van der Waals surface area contributed by atoms with E-state index in [9.17, 15) is 18.3 Å². The van der Waals surface area contributed by atoms with Gasteiger partial charge in [-0.2, -0.15) is 0 Å². The number of rotatable bonds is 4. The van der Waals surface area contributed by atoms with E-state index in [1.165, 1.54) is 31.3 Å². The fraction of sp³-hybridized carbons (Fsp3) is 0.167. The van der Waals surface area contributed by atoms with Crippen LogP contribution in [0.5, 0.6) is 0 Å². The topological polar surface area (TPSA) is 98.1 Å². The Labute approximate surface area is 160 Å². The molecule has 10 heteroatoms. The van der Waals surface area contributed by atoms with Crippen molar-refractivity contribution in [3.05, 3.63) is 58.7 Å². The van der Waals surface area contributed by atoms with Crippen molar-refractivity contribution in [1.82, 2.24) is 15.0 Å². The van der Waals surface area contributed by atoms with Crippen molar-refractivity contribution in [1.29, 1.82) is 0 Å². The van der Waals surface area contributed by atoms with Crippen molar-refractivity contribution in [3.8, 4) is 11.6 Å². The Morgan fingerprint density at radius 2 is 2.04 bits per heavy atom. The van der Waals surface area contributed by atoms with E-state index in [-0.39, 0.29) is 23.1 Å². The van der Waals surface area contributed by atoms with E-state index in [2.05, 4.69) is 15.0 Å². The van der Waals surface area contributed by atoms with Gasteiger partial charge in [0.25, 0.3) is 6.43 Å². The number of hydrogen-bond acceptors (Lipinski definition) is 7. The second-order valence-electron chi connectivity index (χ2n) is 6.17. The molecule has 4 aromatic heterocycles. The van der Waals surface area contributed by atoms with Crippen molar-refractivity contribution in [2.45, 2.75) is 19.0 Å². The third kappa shape index (κ3) is 2.90. The van der Waals surface area contributed by atoms with Crippen molar-refractivity contribution in [3.63, 3.8) is 0 Å². The maximum Gasteiger partial charge on any atom is 0.295 e. The maximum atomic E-state index is 14.2. The molecule has 0 aromatic carbocycles. The second kappa shape index (κ2) is 6.57. The number of pyridine rings is 1. The highest BCUT2D eigenvalue weighted by Crippen LogP contribution is 2.40. The van der Waals surface area contributed by atoms with Gasteiger partial charge in [0.15, 0.2) is 17.3 Å². The Hall–Kier alpha value is -2.98. The van der Waals surface area contributed by atoms with Gasteiger partial charge >= 0.3 is 0 Å². The number of thiophene rings is 1. The smallest absolute Gasteiger partial charge is 0.295 e. The molecule has 0 spiro atoms. The first-order valence-electron chi connectivity index (χ1n) is 8.06. The second-order valence-corrected chi connectivity index (χ2v) is 7.03. The summed E-state index contributed by atoms with van der Waals surface area (Å²) in [5.74, 6) is -1.09. The number of aromatic nitrogens is 3. The molecule has 0 bridgehead atoms. The lowest BCUT2D eigenvalue weighted by Crippen LogP contribution is -2.25. The van der Waals surface area contributed by atoms with Crippen LogP contribution in [0.4, 0.5) is 19.0 Å². The van der Waals surface area contributed by atoms with Gasteiger partial charge in [-0.3, -0.25) is 4.98 Å². The van der Waals surface area contributed by atoms with Gasteiger partial charge < -0.3 is 15.3 Å². The van der Waals surface area contributed by atoms with Gasteiger partial charge in [-0.25, -0.2) is 23.1 Å². The Kier molecular flexibility index (Phi) is 4.31. The molecule has 4 aromatic rings. The molecule has 0 saturated carbocycles. The lowest BCUT2D eigenvalue weighted by Gasteiger charge is -2.23. The fourth-order valence-electron chi connectivity index (χ4n) is 2.90. The Bertz CT molecular complexity index is 1170. The fourth-order valence-corrected chi connectivity index (χ4v) is 3.95. The Balaban J connectivity index is 1.84. The van der Waals surface area contributed by atoms with Gasteiger partial charge in [0.05, 0.1) is 5.39 Å². The van der Waals surface area contributed by atoms with E-state index in [0.29, 0.717) is 15.8 Å². The summed E-state index contributed by atoms with van der Waals surface area (Å²) in [5, 5.41) is 12.9. The molecule has 0 fully saturated rings. The zero-order valence-electron chi connectivity index (χ0n) is 14.4. The van der Waals surface area contributed by atoms with Crippen LogP contribution in [0.25, 0.3) is 21.8 Å². The van der Waals surface area contributed by atoms with Crippen molar-refractivity contribution < 1.29 is 22.7 Å². The number of fused-ring (bicyclic) bond motifs is 1. The van der Waals surface area contributed by atoms with E-state index in [0.717, 1.165) is 17.4 Å². The monoisotopic (exact) mass is 406 g/mol. The summed E-state index contributed by atoms with van der Waals surface area (Å²) in [5.41, 5.74) is 4.41. The highest BCUT2D eigenvalue weighted by atomic mass is 32.1. The van der Waals surface area contributed by atoms with Crippen LogP contribution in [0.2, 0.25) is 0 Å². The maximum absolute atomic E-state index is 14.2. The molecule has 4 heterocycles. The standard InChI is InChI=1S/C18H13F3N4O2S/c1-18(26,13-9(19)3-2-6-23-13)8-7-28-17-12(8)15(22)24-16(25-17)11-5-4-10(27-11)14(20)21/h2-7,14,26H,1H3,(H2,22,24,25). The van der Waals surface area contributed by atoms with Crippen LogP contribution in [0.15, 0.2) is 40.3 Å². The molecule has 0 amide bonds. The predicted molar refractivity (Wildman–Crippen MR) is 97.4 cm³/mol. The molecule has 0 saturated heterocycles. The van der Waals surface area contributed by atoms with E-state index in [1.807, 2.05) is 0 Å². The van der Waals surface area contributed by atoms with E-state index < -0.39 is 23.6 Å². The number of anilines is 1. The van der Waals surface area contributed by atoms with Gasteiger partial charge in [0.2, 0.25) is 0 Å². The van der Waals surface area contributed by atoms with E-state index >= 15 is 0 Å². The molecule has 0 aliphatic heterocycles. The van der Waals surface area contributed by atoms with Crippen molar-refractivity contribution >= 4 is 27.4 Å². The van der Waals surface area contributed by atoms with Gasteiger partial charge in [-0.15, -0.1) is 11.3 Å². The summed E-state index contributed by atoms with van der Waals surface area (Å²) < 4.78 is 44.7. The molecule has 1 unspecified atom stereocenters. The van der Waals surface area contributed by atoms with E-state index in [4.69, 9.17) is 10.2 Å². The first kappa shape index (κ1) is 18.4. The van der Waals surface area contributed by atoms with Crippen molar-refractivity contribution in [2.24, 2.45) is 0 Å². The number of nitrogens with zero attached hydrogens (tertiary/aromatic N) is 3. The minimum atomic E-state index is -2.76. The highest BCUT2D eigenvalue weighted by Gasteiger charge is 2.34. The summed E-state index contributed by atoms with van der Waals surface area (Å²) in [6.07, 6.45) is -1.39. The molecule has 0 aliphatic carbocycles. The van der Waals surface area contributed by atoms with Crippen LogP contribution in [0, 0.1) is 5.82 Å². The highest BCUT2D eigenvalue weighted by molar-refractivity contribution is 7.17. The lowest BCUT2D eigenvalue weighted by atomic mass is 9.92. The zero-order chi connectivity index (χ0) is 20.1. The number of alkyl halides is 2. The average molecular weight is 406 g/mol. The molecule has 6 nitrogen and oxygen atoms in total. The summed E-state index contributed by atoms with van der Waals surface area (Å²) in [7, 11) is 0. The molecule has 4 rings (SSSR count). The number of aliphatic hydroxyl groups is 1. The van der Waals surface area contributed by atoms with E-state index in [1.54, 1.807) is 5.38 Å². The largest absolute Gasteiger partial charge is 0.452 e. The minimum Gasteiger partial charge on any atom is -0.452 e. The molecule has 144 valence electrons. The summed E-state index contributed by atoms with van der Waals surface area (Å²) in [6.45, 7) is 1.40. The van der Waals surface area contributed by atoms with Crippen molar-refractivity contribution in [2.75, 3.05) is 5.73 Å². The summed E-state index contributed by atoms with van der Waals surface area (Å²) >= 11 is 1.15. The van der Waals surface area contributed by atoms with Gasteiger partial charge in [-0.05, 0) is 31.2 Å². The SMILES string of the molecule is CC(O)(c1ncccc1F)c1csc2nc(-c3ccc(C(F)F)o3)nc(N)c12. The third-order valence-corrected chi connectivity index (χ3v) is 5.14. The van der Waals surface area contributed by atoms with Crippen LogP contribution in [-0.2, 0) is 5.60 Å². The van der Waals surface area contributed by atoms with Crippen LogP contribution in [-0.4, -0.2) is 20.1 Å². The number of halogens is 3. The van der Waals surface area contributed by atoms with Gasteiger partial charge in [0.1, 0.15) is 27.8 Å². The summed E-state index contributed by atoms with van der Waals surface area (Å²) in [4.78, 5) is 12.7. The molecule has 0 radical (unpaired) electrons.